The molecule has 0 bridgehead atoms. The highest BCUT2D eigenvalue weighted by Gasteiger charge is 2.19. The van der Waals surface area contributed by atoms with Crippen LogP contribution >= 0.6 is 0 Å². The van der Waals surface area contributed by atoms with Crippen molar-refractivity contribution in [3.63, 3.8) is 0 Å². The van der Waals surface area contributed by atoms with Crippen LogP contribution in [0.2, 0.25) is 11.6 Å². The van der Waals surface area contributed by atoms with Gasteiger partial charge in [-0.1, -0.05) is 45.2 Å². The highest BCUT2D eigenvalue weighted by Crippen LogP contribution is 2.24. The van der Waals surface area contributed by atoms with E-state index in [1.165, 1.54) is 12.8 Å². The molecular weight excluding hydrogens is 159 g/mol. The molecule has 2 atom stereocenters. The predicted octanol–water partition coefficient (Wildman–Crippen LogP) is 3.27. The first-order chi connectivity index (χ1) is 5.85. The Bertz CT molecular complexity index is 129. The Morgan fingerprint density at radius 3 is 2.15 bits per heavy atom. The van der Waals surface area contributed by atoms with Gasteiger partial charge in [-0.15, -0.1) is 0 Å². The van der Waals surface area contributed by atoms with Gasteiger partial charge in [0.2, 0.25) is 0 Å². The van der Waals surface area contributed by atoms with Crippen molar-refractivity contribution >= 4 is 7.28 Å². The van der Waals surface area contributed by atoms with Crippen molar-refractivity contribution in [2.45, 2.75) is 71.1 Å². The molecule has 2 heteroatoms. The molecule has 0 spiro atoms. The van der Waals surface area contributed by atoms with E-state index in [9.17, 15) is 5.11 Å². The molecule has 2 unspecified atom stereocenters. The molecule has 0 fully saturated rings. The zero-order valence-corrected chi connectivity index (χ0v) is 9.80. The quantitative estimate of drug-likeness (QED) is 0.626. The van der Waals surface area contributed by atoms with Crippen molar-refractivity contribution in [3.8, 4) is 0 Å². The minimum absolute atomic E-state index is 0.515. The highest BCUT2D eigenvalue weighted by molar-refractivity contribution is 6.39. The minimum atomic E-state index is -0.526. The van der Waals surface area contributed by atoms with Gasteiger partial charge in [0.05, 0.1) is 5.60 Å². The normalized spacial score (nSPS) is 16.8. The summed E-state index contributed by atoms with van der Waals surface area (Å²) in [6, 6.07) is 0. The largest absolute Gasteiger partial charge is 0.390 e. The van der Waals surface area contributed by atoms with Crippen molar-refractivity contribution in [2.75, 3.05) is 0 Å². The Morgan fingerprint density at radius 1 is 1.23 bits per heavy atom. The van der Waals surface area contributed by atoms with E-state index in [0.29, 0.717) is 11.6 Å². The summed E-state index contributed by atoms with van der Waals surface area (Å²) in [4.78, 5) is 0. The molecule has 0 saturated heterocycles. The molecule has 0 aliphatic rings. The lowest BCUT2D eigenvalue weighted by atomic mass is 9.53. The van der Waals surface area contributed by atoms with E-state index >= 15 is 0 Å². The SMILES string of the molecule is CCCC(C)[B]C(C)CC(C)(C)O. The molecule has 0 saturated carbocycles. The van der Waals surface area contributed by atoms with Gasteiger partial charge >= 0.3 is 0 Å². The molecule has 0 aromatic carbocycles. The Morgan fingerprint density at radius 2 is 1.77 bits per heavy atom. The molecule has 13 heavy (non-hydrogen) atoms. The predicted molar refractivity (Wildman–Crippen MR) is 60.4 cm³/mol. The maximum Gasteiger partial charge on any atom is 0.117 e. The van der Waals surface area contributed by atoms with Gasteiger partial charge in [0.15, 0.2) is 0 Å². The Balaban J connectivity index is 3.67. The van der Waals surface area contributed by atoms with Crippen LogP contribution in [0.25, 0.3) is 0 Å². The second-order valence-electron chi connectivity index (χ2n) is 4.95. The van der Waals surface area contributed by atoms with E-state index in [1.807, 2.05) is 13.8 Å². The fraction of sp³-hybridized carbons (Fsp3) is 1.00. The summed E-state index contributed by atoms with van der Waals surface area (Å²) >= 11 is 0. The van der Waals surface area contributed by atoms with Crippen LogP contribution in [0.1, 0.15) is 53.9 Å². The van der Waals surface area contributed by atoms with Gasteiger partial charge in [-0.2, -0.15) is 0 Å². The van der Waals surface area contributed by atoms with Crippen LogP contribution < -0.4 is 0 Å². The van der Waals surface area contributed by atoms with E-state index in [0.717, 1.165) is 6.42 Å². The Kier molecular flexibility index (Phi) is 5.70. The fourth-order valence-electron chi connectivity index (χ4n) is 1.97. The topological polar surface area (TPSA) is 20.2 Å². The van der Waals surface area contributed by atoms with Crippen molar-refractivity contribution in [2.24, 2.45) is 0 Å². The second kappa shape index (κ2) is 5.69. The monoisotopic (exact) mass is 183 g/mol. The Labute approximate surface area is 84.2 Å². The van der Waals surface area contributed by atoms with Crippen LogP contribution in [0.3, 0.4) is 0 Å². The third kappa shape index (κ3) is 8.36. The standard InChI is InChI=1S/C11H24BO/c1-6-7-9(2)12-10(3)8-11(4,5)13/h9-10,13H,6-8H2,1-5H3. The van der Waals surface area contributed by atoms with E-state index in [-0.39, 0.29) is 0 Å². The molecule has 0 amide bonds. The number of rotatable bonds is 6. The number of hydrogen-bond acceptors (Lipinski definition) is 1. The number of hydrogen-bond donors (Lipinski definition) is 1. The van der Waals surface area contributed by atoms with Gasteiger partial charge in [0, 0.05) is 0 Å². The third-order valence-corrected chi connectivity index (χ3v) is 2.22. The first-order valence-corrected chi connectivity index (χ1v) is 5.42. The summed E-state index contributed by atoms with van der Waals surface area (Å²) < 4.78 is 0. The average molecular weight is 183 g/mol. The van der Waals surface area contributed by atoms with E-state index in [4.69, 9.17) is 0 Å². The molecule has 0 aromatic rings. The lowest BCUT2D eigenvalue weighted by Gasteiger charge is -2.23. The fourth-order valence-corrected chi connectivity index (χ4v) is 1.97. The maximum atomic E-state index is 9.61. The molecule has 1 N–H and O–H groups in total. The summed E-state index contributed by atoms with van der Waals surface area (Å²) in [5.41, 5.74) is -0.526. The lowest BCUT2D eigenvalue weighted by molar-refractivity contribution is 0.0702. The van der Waals surface area contributed by atoms with Gasteiger partial charge < -0.3 is 5.11 Å². The summed E-state index contributed by atoms with van der Waals surface area (Å²) in [6.07, 6.45) is 3.37. The van der Waals surface area contributed by atoms with Crippen molar-refractivity contribution < 1.29 is 5.11 Å². The molecule has 0 rings (SSSR count). The van der Waals surface area contributed by atoms with Crippen LogP contribution in [-0.4, -0.2) is 18.0 Å². The first kappa shape index (κ1) is 13.0. The summed E-state index contributed by atoms with van der Waals surface area (Å²) in [7, 11) is 2.36. The Hall–Kier alpha value is 0.0249. The summed E-state index contributed by atoms with van der Waals surface area (Å²) in [5.74, 6) is 1.20. The van der Waals surface area contributed by atoms with E-state index in [2.05, 4.69) is 28.1 Å². The smallest absolute Gasteiger partial charge is 0.117 e. The van der Waals surface area contributed by atoms with Gasteiger partial charge in [-0.05, 0) is 20.3 Å². The van der Waals surface area contributed by atoms with Crippen molar-refractivity contribution in [1.29, 1.82) is 0 Å². The van der Waals surface area contributed by atoms with Crippen LogP contribution in [0, 0.1) is 0 Å². The highest BCUT2D eigenvalue weighted by atomic mass is 16.3. The molecule has 0 aliphatic carbocycles. The zero-order valence-electron chi connectivity index (χ0n) is 9.80. The van der Waals surface area contributed by atoms with E-state index in [1.54, 1.807) is 0 Å². The molecular formula is C11H24BO. The van der Waals surface area contributed by atoms with Gasteiger partial charge in [-0.3, -0.25) is 0 Å². The maximum absolute atomic E-state index is 9.61. The van der Waals surface area contributed by atoms with E-state index < -0.39 is 5.60 Å². The lowest BCUT2D eigenvalue weighted by Crippen LogP contribution is -2.22. The molecule has 0 heterocycles. The van der Waals surface area contributed by atoms with Crippen LogP contribution in [-0.2, 0) is 0 Å². The van der Waals surface area contributed by atoms with Crippen LogP contribution in [0.4, 0.5) is 0 Å². The summed E-state index contributed by atoms with van der Waals surface area (Å²) in [5, 5.41) is 9.61. The minimum Gasteiger partial charge on any atom is -0.390 e. The van der Waals surface area contributed by atoms with Gasteiger partial charge in [-0.25, -0.2) is 0 Å². The molecule has 1 nitrogen and oxygen atoms in total. The molecule has 1 radical (unpaired) electrons. The van der Waals surface area contributed by atoms with Gasteiger partial charge in [0.25, 0.3) is 0 Å². The first-order valence-electron chi connectivity index (χ1n) is 5.42. The number of aliphatic hydroxyl groups is 1. The zero-order chi connectivity index (χ0) is 10.5. The van der Waals surface area contributed by atoms with Crippen LogP contribution in [0.15, 0.2) is 0 Å². The van der Waals surface area contributed by atoms with Crippen molar-refractivity contribution in [1.82, 2.24) is 0 Å². The third-order valence-electron chi connectivity index (χ3n) is 2.22. The summed E-state index contributed by atoms with van der Waals surface area (Å²) in [6.45, 7) is 10.4. The second-order valence-corrected chi connectivity index (χ2v) is 4.95. The molecule has 77 valence electrons. The molecule has 0 aliphatic heterocycles. The van der Waals surface area contributed by atoms with Gasteiger partial charge in [0.1, 0.15) is 7.28 Å². The average Bonchev–Trinajstić information content (AvgIpc) is 1.81. The van der Waals surface area contributed by atoms with Crippen LogP contribution in [0.5, 0.6) is 0 Å². The molecule has 0 aromatic heterocycles. The van der Waals surface area contributed by atoms with Crippen molar-refractivity contribution in [3.05, 3.63) is 0 Å².